The van der Waals surface area contributed by atoms with Crippen LogP contribution in [-0.4, -0.2) is 34.2 Å². The third kappa shape index (κ3) is 2.45. The zero-order chi connectivity index (χ0) is 20.4. The Morgan fingerprint density at radius 1 is 1.10 bits per heavy atom. The van der Waals surface area contributed by atoms with Gasteiger partial charge in [0, 0.05) is 29.4 Å². The van der Waals surface area contributed by atoms with Crippen LogP contribution in [0.1, 0.15) is 29.9 Å². The van der Waals surface area contributed by atoms with Crippen LogP contribution >= 0.6 is 0 Å². The molecule has 8 heteroatoms. The second kappa shape index (κ2) is 5.79. The Kier molecular flexibility index (Phi) is 3.53. The summed E-state index contributed by atoms with van der Waals surface area (Å²) >= 11 is 0. The monoisotopic (exact) mass is 396 g/mol. The number of alkyl halides is 1. The highest BCUT2D eigenvalue weighted by molar-refractivity contribution is 6.08. The fourth-order valence-corrected chi connectivity index (χ4v) is 4.63. The van der Waals surface area contributed by atoms with Crippen molar-refractivity contribution in [2.24, 2.45) is 5.92 Å². The molecule has 1 saturated carbocycles. The zero-order valence-corrected chi connectivity index (χ0v) is 15.1. The van der Waals surface area contributed by atoms with Gasteiger partial charge in [-0.3, -0.25) is 10.1 Å². The molecule has 3 N–H and O–H groups in total. The van der Waals surface area contributed by atoms with Gasteiger partial charge in [-0.2, -0.15) is 0 Å². The Morgan fingerprint density at radius 3 is 2.17 bits per heavy atom. The van der Waals surface area contributed by atoms with Gasteiger partial charge in [-0.15, -0.1) is 0 Å². The molecule has 3 aliphatic rings. The molecule has 148 valence electrons. The molecule has 0 spiro atoms. The number of amides is 3. The number of carboxylic acid groups (broad SMARTS) is 1. The normalized spacial score (nSPS) is 29.9. The van der Waals surface area contributed by atoms with Crippen LogP contribution in [-0.2, 0) is 9.59 Å². The number of urea groups is 1. The number of ether oxygens (including phenoxy) is 1. The molecule has 3 unspecified atom stereocenters. The minimum atomic E-state index is -2.54. The van der Waals surface area contributed by atoms with Crippen LogP contribution < -0.4 is 15.4 Å². The minimum absolute atomic E-state index is 0.0194. The summed E-state index contributed by atoms with van der Waals surface area (Å²) in [6, 6.07) is 13.9. The van der Waals surface area contributed by atoms with Crippen molar-refractivity contribution in [2.45, 2.75) is 30.0 Å². The summed E-state index contributed by atoms with van der Waals surface area (Å²) in [4.78, 5) is 36.2. The van der Waals surface area contributed by atoms with E-state index in [1.165, 1.54) is 0 Å². The first-order valence-electron chi connectivity index (χ1n) is 9.27. The predicted molar refractivity (Wildman–Crippen MR) is 98.4 cm³/mol. The molecule has 2 aliphatic heterocycles. The van der Waals surface area contributed by atoms with Gasteiger partial charge in [0.2, 0.25) is 5.67 Å². The minimum Gasteiger partial charge on any atom is -0.479 e. The topological polar surface area (TPSA) is 105 Å². The van der Waals surface area contributed by atoms with E-state index in [-0.39, 0.29) is 18.8 Å². The number of hydrogen-bond acceptors (Lipinski definition) is 4. The number of para-hydroxylation sites is 2. The lowest BCUT2D eigenvalue weighted by molar-refractivity contribution is -0.146. The summed E-state index contributed by atoms with van der Waals surface area (Å²) in [6.07, 6.45) is -0.311. The summed E-state index contributed by atoms with van der Waals surface area (Å²) < 4.78 is 20.8. The molecule has 0 bridgehead atoms. The van der Waals surface area contributed by atoms with Gasteiger partial charge in [0.05, 0.1) is 0 Å². The zero-order valence-electron chi connectivity index (χ0n) is 15.1. The third-order valence-electron chi connectivity index (χ3n) is 6.15. The first kappa shape index (κ1) is 17.7. The number of rotatable bonds is 4. The molecule has 2 aromatic rings. The molecule has 3 amide bonds. The van der Waals surface area contributed by atoms with Gasteiger partial charge < -0.3 is 15.2 Å². The number of nitrogens with one attached hydrogen (secondary N) is 2. The van der Waals surface area contributed by atoms with Gasteiger partial charge >= 0.3 is 12.0 Å². The smallest absolute Gasteiger partial charge is 0.341 e. The maximum atomic E-state index is 14.9. The predicted octanol–water partition coefficient (Wildman–Crippen LogP) is 2.71. The van der Waals surface area contributed by atoms with E-state index in [2.05, 4.69) is 10.6 Å². The van der Waals surface area contributed by atoms with E-state index in [9.17, 15) is 23.9 Å². The fraction of sp³-hybridized carbons (Fsp3) is 0.286. The largest absolute Gasteiger partial charge is 0.479 e. The molecule has 0 aromatic heterocycles. The number of carboxylic acids is 1. The second-order valence-electron chi connectivity index (χ2n) is 7.74. The number of benzene rings is 2. The summed E-state index contributed by atoms with van der Waals surface area (Å²) in [7, 11) is 0. The van der Waals surface area contributed by atoms with E-state index in [1.807, 2.05) is 36.4 Å². The number of fused-ring (bicyclic) bond motifs is 2. The Balaban J connectivity index is 1.62. The Morgan fingerprint density at radius 2 is 1.69 bits per heavy atom. The lowest BCUT2D eigenvalue weighted by Gasteiger charge is -2.35. The molecule has 1 aliphatic carbocycles. The highest BCUT2D eigenvalue weighted by Gasteiger charge is 2.74. The Labute approximate surface area is 164 Å². The number of hydrogen-bond donors (Lipinski definition) is 3. The maximum absolute atomic E-state index is 14.9. The SMILES string of the molecule is O=C1NC(=O)C(CC2c3ccccc3Oc3ccccc32)(C2CC2(F)C(=O)O)N1. The van der Waals surface area contributed by atoms with E-state index in [0.717, 1.165) is 11.1 Å². The first-order valence-corrected chi connectivity index (χ1v) is 9.27. The van der Waals surface area contributed by atoms with E-state index in [4.69, 9.17) is 4.74 Å². The summed E-state index contributed by atoms with van der Waals surface area (Å²) in [5.41, 5.74) is -2.62. The molecule has 2 fully saturated rings. The Bertz CT molecular complexity index is 1030. The van der Waals surface area contributed by atoms with Crippen molar-refractivity contribution in [3.05, 3.63) is 59.7 Å². The van der Waals surface area contributed by atoms with E-state index < -0.39 is 35.0 Å². The van der Waals surface area contributed by atoms with Crippen molar-refractivity contribution < 1.29 is 28.6 Å². The number of aliphatic carboxylic acids is 1. The van der Waals surface area contributed by atoms with Crippen LogP contribution in [0.2, 0.25) is 0 Å². The van der Waals surface area contributed by atoms with Crippen molar-refractivity contribution in [1.82, 2.24) is 10.6 Å². The highest BCUT2D eigenvalue weighted by atomic mass is 19.1. The molecular formula is C21H17FN2O5. The molecule has 29 heavy (non-hydrogen) atoms. The van der Waals surface area contributed by atoms with Crippen molar-refractivity contribution in [3.63, 3.8) is 0 Å². The van der Waals surface area contributed by atoms with E-state index in [0.29, 0.717) is 11.5 Å². The van der Waals surface area contributed by atoms with E-state index >= 15 is 0 Å². The molecule has 3 atom stereocenters. The molecule has 0 radical (unpaired) electrons. The second-order valence-corrected chi connectivity index (χ2v) is 7.74. The first-order chi connectivity index (χ1) is 13.8. The molecule has 1 saturated heterocycles. The van der Waals surface area contributed by atoms with Crippen molar-refractivity contribution >= 4 is 17.9 Å². The van der Waals surface area contributed by atoms with Crippen LogP contribution in [0.4, 0.5) is 9.18 Å². The van der Waals surface area contributed by atoms with Gasteiger partial charge in [-0.25, -0.2) is 14.0 Å². The number of carbonyl (C=O) groups excluding carboxylic acids is 2. The van der Waals surface area contributed by atoms with Gasteiger partial charge in [-0.1, -0.05) is 36.4 Å². The Hall–Kier alpha value is -3.42. The van der Waals surface area contributed by atoms with Crippen LogP contribution in [0.15, 0.2) is 48.5 Å². The molecule has 5 rings (SSSR count). The van der Waals surface area contributed by atoms with Gasteiger partial charge in [0.1, 0.15) is 17.0 Å². The van der Waals surface area contributed by atoms with Crippen LogP contribution in [0.25, 0.3) is 0 Å². The number of carbonyl (C=O) groups is 3. The highest BCUT2D eigenvalue weighted by Crippen LogP contribution is 2.58. The van der Waals surface area contributed by atoms with Crippen LogP contribution in [0.5, 0.6) is 11.5 Å². The fourth-order valence-electron chi connectivity index (χ4n) is 4.63. The van der Waals surface area contributed by atoms with Crippen molar-refractivity contribution in [1.29, 1.82) is 0 Å². The van der Waals surface area contributed by atoms with Crippen molar-refractivity contribution in [2.75, 3.05) is 0 Å². The summed E-state index contributed by atoms with van der Waals surface area (Å²) in [6.45, 7) is 0. The molecule has 2 aromatic carbocycles. The number of imide groups is 1. The molecule has 7 nitrogen and oxygen atoms in total. The third-order valence-corrected chi connectivity index (χ3v) is 6.15. The van der Waals surface area contributed by atoms with Gasteiger partial charge in [-0.05, 0) is 18.6 Å². The van der Waals surface area contributed by atoms with Gasteiger partial charge in [0.25, 0.3) is 5.91 Å². The van der Waals surface area contributed by atoms with Crippen molar-refractivity contribution in [3.8, 4) is 11.5 Å². The van der Waals surface area contributed by atoms with Gasteiger partial charge in [0.15, 0.2) is 0 Å². The molecular weight excluding hydrogens is 379 g/mol. The quantitative estimate of drug-likeness (QED) is 0.690. The summed E-state index contributed by atoms with van der Waals surface area (Å²) in [5.74, 6) is -2.65. The number of halogens is 1. The van der Waals surface area contributed by atoms with E-state index in [1.54, 1.807) is 12.1 Å². The standard InChI is InChI=1S/C21H17FN2O5/c22-20(18(26)27)10-16(20)21(17(25)23-19(28)24-21)9-13-11-5-1-3-7-14(11)29-15-8-4-2-6-12(13)15/h1-8,13,16H,9-10H2,(H,26,27)(H2,23,24,25,28). The lowest BCUT2D eigenvalue weighted by Crippen LogP contribution is -2.52. The average molecular weight is 396 g/mol. The molecule has 2 heterocycles. The van der Waals surface area contributed by atoms with Crippen LogP contribution in [0.3, 0.4) is 0 Å². The maximum Gasteiger partial charge on any atom is 0.341 e. The lowest BCUT2D eigenvalue weighted by atomic mass is 9.75. The van der Waals surface area contributed by atoms with Crippen LogP contribution in [0, 0.1) is 5.92 Å². The average Bonchev–Trinajstić information content (AvgIpc) is 3.32. The summed E-state index contributed by atoms with van der Waals surface area (Å²) in [5, 5.41) is 14.0.